The van der Waals surface area contributed by atoms with E-state index in [4.69, 9.17) is 11.1 Å². The lowest BCUT2D eigenvalue weighted by Crippen LogP contribution is -2.33. The van der Waals surface area contributed by atoms with Crippen LogP contribution in [-0.2, 0) is 16.6 Å². The second-order valence-corrected chi connectivity index (χ2v) is 9.06. The minimum Gasteiger partial charge on any atom is -0.384 e. The van der Waals surface area contributed by atoms with Crippen molar-refractivity contribution in [3.8, 4) is 11.1 Å². The molecule has 0 aliphatic carbocycles. The van der Waals surface area contributed by atoms with Crippen molar-refractivity contribution in [1.29, 1.82) is 5.41 Å². The van der Waals surface area contributed by atoms with Gasteiger partial charge in [-0.25, -0.2) is 8.42 Å². The van der Waals surface area contributed by atoms with Crippen LogP contribution in [0.2, 0.25) is 0 Å². The van der Waals surface area contributed by atoms with Crippen LogP contribution in [0, 0.1) is 5.41 Å². The molecule has 3 aromatic rings. The number of benzene rings is 3. The Balaban J connectivity index is 1.72. The molecule has 1 aliphatic heterocycles. The quantitative estimate of drug-likeness (QED) is 0.501. The predicted molar refractivity (Wildman–Crippen MR) is 118 cm³/mol. The number of amidine groups is 1. The number of fused-ring (bicyclic) bond motifs is 1. The van der Waals surface area contributed by atoms with E-state index in [1.54, 1.807) is 19.1 Å². The number of hydrogen-bond acceptors (Lipinski definition) is 3. The molecule has 29 heavy (non-hydrogen) atoms. The normalized spacial score (nSPS) is 14.8. The minimum atomic E-state index is -3.56. The number of nitrogens with two attached hydrogens (primary N) is 1. The molecule has 3 aromatic carbocycles. The van der Waals surface area contributed by atoms with Crippen LogP contribution >= 0.6 is 0 Å². The summed E-state index contributed by atoms with van der Waals surface area (Å²) in [6.45, 7) is 1.87. The molecule has 1 aliphatic rings. The number of anilines is 1. The minimum absolute atomic E-state index is 0.0151. The number of rotatable bonds is 4. The summed E-state index contributed by atoms with van der Waals surface area (Å²) >= 11 is 0. The van der Waals surface area contributed by atoms with Crippen molar-refractivity contribution in [2.24, 2.45) is 5.73 Å². The highest BCUT2D eigenvalue weighted by Gasteiger charge is 2.30. The van der Waals surface area contributed by atoms with Crippen LogP contribution in [0.25, 0.3) is 17.2 Å². The van der Waals surface area contributed by atoms with Gasteiger partial charge in [-0.15, -0.1) is 0 Å². The van der Waals surface area contributed by atoms with Crippen LogP contribution in [0.4, 0.5) is 5.69 Å². The molecule has 0 saturated carbocycles. The van der Waals surface area contributed by atoms with E-state index in [2.05, 4.69) is 0 Å². The molecule has 0 aromatic heterocycles. The topological polar surface area (TPSA) is 87.2 Å². The largest absolute Gasteiger partial charge is 0.384 e. The van der Waals surface area contributed by atoms with E-state index in [0.29, 0.717) is 16.2 Å². The van der Waals surface area contributed by atoms with Crippen molar-refractivity contribution in [2.75, 3.05) is 4.31 Å². The maximum absolute atomic E-state index is 13.0. The fourth-order valence-corrected chi connectivity index (χ4v) is 4.85. The maximum atomic E-state index is 13.0. The molecule has 0 radical (unpaired) electrons. The third-order valence-electron chi connectivity index (χ3n) is 5.02. The summed E-state index contributed by atoms with van der Waals surface area (Å²) in [6, 6.07) is 22.7. The number of para-hydroxylation sites is 1. The van der Waals surface area contributed by atoms with E-state index in [-0.39, 0.29) is 12.4 Å². The molecule has 146 valence electrons. The standard InChI is InChI=1S/C23H21N3O2S/c1-16-12-20-7-2-3-11-22(20)26(29(16,27)28)15-17-6-4-8-18(13-17)19-9-5-10-21(14-19)23(24)25/h2-14H,15H2,1H3,(H3,24,25). The van der Waals surface area contributed by atoms with Crippen molar-refractivity contribution in [3.63, 3.8) is 0 Å². The molecule has 0 bridgehead atoms. The van der Waals surface area contributed by atoms with E-state index in [0.717, 1.165) is 22.3 Å². The molecule has 0 saturated heterocycles. The highest BCUT2D eigenvalue weighted by atomic mass is 32.2. The first-order valence-electron chi connectivity index (χ1n) is 9.20. The molecule has 3 N–H and O–H groups in total. The Labute approximate surface area is 170 Å². The smallest absolute Gasteiger partial charge is 0.260 e. The van der Waals surface area contributed by atoms with Gasteiger partial charge in [0.15, 0.2) is 0 Å². The third kappa shape index (κ3) is 3.54. The zero-order valence-electron chi connectivity index (χ0n) is 16.0. The molecule has 6 heteroatoms. The summed E-state index contributed by atoms with van der Waals surface area (Å²) in [6.07, 6.45) is 1.71. The molecule has 0 amide bonds. The molecule has 0 unspecified atom stereocenters. The van der Waals surface area contributed by atoms with Crippen LogP contribution in [0.3, 0.4) is 0 Å². The number of hydrogen-bond donors (Lipinski definition) is 2. The summed E-state index contributed by atoms with van der Waals surface area (Å²) < 4.78 is 27.4. The van der Waals surface area contributed by atoms with Crippen molar-refractivity contribution < 1.29 is 8.42 Å². The van der Waals surface area contributed by atoms with E-state index >= 15 is 0 Å². The summed E-state index contributed by atoms with van der Waals surface area (Å²) in [4.78, 5) is 0.335. The summed E-state index contributed by atoms with van der Waals surface area (Å²) in [7, 11) is -3.56. The average Bonchev–Trinajstić information content (AvgIpc) is 2.72. The lowest BCUT2D eigenvalue weighted by molar-refractivity contribution is 0.596. The molecule has 0 atom stereocenters. The van der Waals surface area contributed by atoms with Gasteiger partial charge in [0.25, 0.3) is 10.0 Å². The number of nitrogen functional groups attached to an aromatic ring is 1. The zero-order valence-corrected chi connectivity index (χ0v) is 16.8. The van der Waals surface area contributed by atoms with Crippen molar-refractivity contribution in [3.05, 3.63) is 94.4 Å². The Morgan fingerprint density at radius 1 is 0.966 bits per heavy atom. The summed E-state index contributed by atoms with van der Waals surface area (Å²) in [5, 5.41) is 7.64. The molecule has 4 rings (SSSR count). The number of nitrogens with one attached hydrogen (secondary N) is 1. The SMILES string of the molecule is CC1=Cc2ccccc2N(Cc2cccc(-c3cccc(C(=N)N)c3)c2)S1(=O)=O. The Hall–Kier alpha value is -3.38. The molecule has 0 spiro atoms. The lowest BCUT2D eigenvalue weighted by Gasteiger charge is -2.30. The monoisotopic (exact) mass is 403 g/mol. The second-order valence-electron chi connectivity index (χ2n) is 7.02. The van der Waals surface area contributed by atoms with Crippen LogP contribution in [0.1, 0.15) is 23.6 Å². The first-order chi connectivity index (χ1) is 13.9. The average molecular weight is 404 g/mol. The van der Waals surface area contributed by atoms with Crippen molar-refractivity contribution in [1.82, 2.24) is 0 Å². The van der Waals surface area contributed by atoms with Crippen LogP contribution in [0.15, 0.2) is 77.7 Å². The van der Waals surface area contributed by atoms with Crippen molar-refractivity contribution >= 4 is 27.6 Å². The number of allylic oxidation sites excluding steroid dienone is 1. The van der Waals surface area contributed by atoms with Crippen LogP contribution in [0.5, 0.6) is 0 Å². The van der Waals surface area contributed by atoms with Crippen LogP contribution in [-0.4, -0.2) is 14.3 Å². The van der Waals surface area contributed by atoms with Gasteiger partial charge in [-0.2, -0.15) is 0 Å². The van der Waals surface area contributed by atoms with E-state index in [9.17, 15) is 8.42 Å². The van der Waals surface area contributed by atoms with Crippen molar-refractivity contribution in [2.45, 2.75) is 13.5 Å². The van der Waals surface area contributed by atoms with E-state index in [1.165, 1.54) is 4.31 Å². The first-order valence-corrected chi connectivity index (χ1v) is 10.6. The molecular formula is C23H21N3O2S. The van der Waals surface area contributed by atoms with Gasteiger partial charge in [0.1, 0.15) is 5.84 Å². The first kappa shape index (κ1) is 19.0. The fourth-order valence-electron chi connectivity index (χ4n) is 3.48. The number of sulfonamides is 1. The van der Waals surface area contributed by atoms with Gasteiger partial charge < -0.3 is 5.73 Å². The molecular weight excluding hydrogens is 382 g/mol. The molecule has 5 nitrogen and oxygen atoms in total. The Kier molecular flexibility index (Phi) is 4.72. The highest BCUT2D eigenvalue weighted by molar-refractivity contribution is 7.96. The number of nitrogens with zero attached hydrogens (tertiary/aromatic N) is 1. The zero-order chi connectivity index (χ0) is 20.6. The summed E-state index contributed by atoms with van der Waals surface area (Å²) in [5.74, 6) is 0.0151. The predicted octanol–water partition coefficient (Wildman–Crippen LogP) is 4.35. The van der Waals surface area contributed by atoms with E-state index in [1.807, 2.05) is 66.7 Å². The Bertz CT molecular complexity index is 1250. The Morgan fingerprint density at radius 3 is 2.41 bits per heavy atom. The van der Waals surface area contributed by atoms with Gasteiger partial charge in [-0.05, 0) is 53.5 Å². The maximum Gasteiger partial charge on any atom is 0.260 e. The second kappa shape index (κ2) is 7.22. The van der Waals surface area contributed by atoms with Gasteiger partial charge in [-0.1, -0.05) is 54.6 Å². The molecule has 1 heterocycles. The van der Waals surface area contributed by atoms with E-state index < -0.39 is 10.0 Å². The summed E-state index contributed by atoms with van der Waals surface area (Å²) in [5.41, 5.74) is 10.6. The highest BCUT2D eigenvalue weighted by Crippen LogP contribution is 2.35. The fraction of sp³-hybridized carbons (Fsp3) is 0.0870. The van der Waals surface area contributed by atoms with Crippen LogP contribution < -0.4 is 10.0 Å². The lowest BCUT2D eigenvalue weighted by atomic mass is 10.0. The van der Waals surface area contributed by atoms with Gasteiger partial charge >= 0.3 is 0 Å². The van der Waals surface area contributed by atoms with Gasteiger partial charge in [0, 0.05) is 5.56 Å². The molecule has 0 fully saturated rings. The van der Waals surface area contributed by atoms with Gasteiger partial charge in [0.2, 0.25) is 0 Å². The Morgan fingerprint density at radius 2 is 1.66 bits per heavy atom. The van der Waals surface area contributed by atoms with Gasteiger partial charge in [0.05, 0.1) is 17.1 Å². The third-order valence-corrected chi connectivity index (χ3v) is 6.86. The van der Waals surface area contributed by atoms with Gasteiger partial charge in [-0.3, -0.25) is 9.71 Å².